The number of nitrogens with zero attached hydrogens (tertiary/aromatic N) is 1. The summed E-state index contributed by atoms with van der Waals surface area (Å²) in [5.41, 5.74) is 1.85. The number of carbonyl (C=O) groups excluding carboxylic acids is 1. The molecule has 1 aliphatic heterocycles. The molecule has 4 nitrogen and oxygen atoms in total. The lowest BCUT2D eigenvalue weighted by atomic mass is 10.1. The standard InChI is InChI=1S/C13H14BrNO3/c1-8-2-3-10(13(17)18)5-11(8)15-7-9(6-14)4-12(15)16/h2-3,5,9H,4,6-7H2,1H3,(H,17,18). The summed E-state index contributed by atoms with van der Waals surface area (Å²) in [6.07, 6.45) is 0.516. The minimum atomic E-state index is -0.972. The minimum Gasteiger partial charge on any atom is -0.478 e. The predicted octanol–water partition coefficient (Wildman–Crippen LogP) is 2.44. The number of carbonyl (C=O) groups is 2. The third kappa shape index (κ3) is 2.41. The molecule has 0 aliphatic carbocycles. The van der Waals surface area contributed by atoms with Crippen LogP contribution < -0.4 is 4.90 Å². The molecule has 1 atom stereocenters. The Balaban J connectivity index is 2.35. The van der Waals surface area contributed by atoms with E-state index in [4.69, 9.17) is 5.11 Å². The van der Waals surface area contributed by atoms with Crippen LogP contribution in [0.4, 0.5) is 5.69 Å². The average Bonchev–Trinajstić information content (AvgIpc) is 2.71. The van der Waals surface area contributed by atoms with Crippen molar-refractivity contribution in [1.82, 2.24) is 0 Å². The first kappa shape index (κ1) is 13.1. The van der Waals surface area contributed by atoms with Crippen molar-refractivity contribution < 1.29 is 14.7 Å². The first-order valence-electron chi connectivity index (χ1n) is 5.73. The van der Waals surface area contributed by atoms with Crippen molar-refractivity contribution >= 4 is 33.5 Å². The molecule has 0 spiro atoms. The number of aromatic carboxylic acids is 1. The van der Waals surface area contributed by atoms with E-state index >= 15 is 0 Å². The Morgan fingerprint density at radius 1 is 1.56 bits per heavy atom. The SMILES string of the molecule is Cc1ccc(C(=O)O)cc1N1CC(CBr)CC1=O. The molecule has 1 unspecified atom stereocenters. The number of amides is 1. The molecule has 1 saturated heterocycles. The Kier molecular flexibility index (Phi) is 3.71. The van der Waals surface area contributed by atoms with E-state index in [1.807, 2.05) is 6.92 Å². The predicted molar refractivity (Wildman–Crippen MR) is 72.4 cm³/mol. The number of alkyl halides is 1. The molecule has 2 rings (SSSR count). The van der Waals surface area contributed by atoms with Gasteiger partial charge in [-0.1, -0.05) is 22.0 Å². The number of carboxylic acids is 1. The van der Waals surface area contributed by atoms with Gasteiger partial charge in [-0.2, -0.15) is 0 Å². The van der Waals surface area contributed by atoms with Gasteiger partial charge in [0, 0.05) is 24.0 Å². The highest BCUT2D eigenvalue weighted by Gasteiger charge is 2.30. The number of hydrogen-bond acceptors (Lipinski definition) is 2. The van der Waals surface area contributed by atoms with Crippen LogP contribution in [-0.2, 0) is 4.79 Å². The van der Waals surface area contributed by atoms with Gasteiger partial charge in [0.15, 0.2) is 0 Å². The summed E-state index contributed by atoms with van der Waals surface area (Å²) in [6, 6.07) is 4.88. The second-order valence-electron chi connectivity index (χ2n) is 4.54. The summed E-state index contributed by atoms with van der Waals surface area (Å²) >= 11 is 3.39. The van der Waals surface area contributed by atoms with Crippen molar-refractivity contribution in [2.75, 3.05) is 16.8 Å². The smallest absolute Gasteiger partial charge is 0.335 e. The maximum absolute atomic E-state index is 11.9. The van der Waals surface area contributed by atoms with Crippen LogP contribution >= 0.6 is 15.9 Å². The second kappa shape index (κ2) is 5.10. The summed E-state index contributed by atoms with van der Waals surface area (Å²) in [7, 11) is 0. The molecule has 0 radical (unpaired) electrons. The van der Waals surface area contributed by atoms with Crippen LogP contribution in [0.3, 0.4) is 0 Å². The first-order chi connectivity index (χ1) is 8.52. The van der Waals surface area contributed by atoms with Gasteiger partial charge >= 0.3 is 5.97 Å². The zero-order valence-corrected chi connectivity index (χ0v) is 11.6. The Morgan fingerprint density at radius 3 is 2.83 bits per heavy atom. The van der Waals surface area contributed by atoms with Crippen molar-refractivity contribution in [1.29, 1.82) is 0 Å². The zero-order valence-electron chi connectivity index (χ0n) is 10.0. The van der Waals surface area contributed by atoms with Crippen LogP contribution in [0.15, 0.2) is 18.2 Å². The molecular formula is C13H14BrNO3. The molecule has 0 bridgehead atoms. The van der Waals surface area contributed by atoms with Crippen LogP contribution in [0.25, 0.3) is 0 Å². The van der Waals surface area contributed by atoms with Crippen molar-refractivity contribution in [2.24, 2.45) is 5.92 Å². The number of hydrogen-bond donors (Lipinski definition) is 1. The highest BCUT2D eigenvalue weighted by atomic mass is 79.9. The van der Waals surface area contributed by atoms with Crippen LogP contribution in [0.1, 0.15) is 22.3 Å². The molecular weight excluding hydrogens is 298 g/mol. The summed E-state index contributed by atoms with van der Waals surface area (Å²) in [5, 5.41) is 9.78. The molecule has 5 heteroatoms. The Hall–Kier alpha value is -1.36. The molecule has 96 valence electrons. The summed E-state index contributed by atoms with van der Waals surface area (Å²) in [6.45, 7) is 2.53. The van der Waals surface area contributed by atoms with E-state index in [1.54, 1.807) is 23.1 Å². The third-order valence-electron chi connectivity index (χ3n) is 3.17. The fraction of sp³-hybridized carbons (Fsp3) is 0.385. The lowest BCUT2D eigenvalue weighted by Gasteiger charge is -2.19. The van der Waals surface area contributed by atoms with Gasteiger partial charge in [-0.15, -0.1) is 0 Å². The molecule has 1 N–H and O–H groups in total. The van der Waals surface area contributed by atoms with Crippen molar-refractivity contribution in [2.45, 2.75) is 13.3 Å². The van der Waals surface area contributed by atoms with Gasteiger partial charge in [0.05, 0.1) is 5.56 Å². The van der Waals surface area contributed by atoms with Crippen molar-refractivity contribution in [3.05, 3.63) is 29.3 Å². The zero-order chi connectivity index (χ0) is 13.3. The molecule has 1 heterocycles. The molecule has 0 saturated carbocycles. The second-order valence-corrected chi connectivity index (χ2v) is 5.18. The number of halogens is 1. The summed E-state index contributed by atoms with van der Waals surface area (Å²) in [4.78, 5) is 24.6. The average molecular weight is 312 g/mol. The number of rotatable bonds is 3. The molecule has 0 aromatic heterocycles. The molecule has 1 amide bonds. The topological polar surface area (TPSA) is 57.6 Å². The highest BCUT2D eigenvalue weighted by Crippen LogP contribution is 2.29. The normalized spacial score (nSPS) is 19.3. The van der Waals surface area contributed by atoms with Crippen LogP contribution in [0.5, 0.6) is 0 Å². The third-order valence-corrected chi connectivity index (χ3v) is 4.09. The number of anilines is 1. The Morgan fingerprint density at radius 2 is 2.28 bits per heavy atom. The van der Waals surface area contributed by atoms with Gasteiger partial charge in [0.1, 0.15) is 0 Å². The Labute approximate surface area is 114 Å². The van der Waals surface area contributed by atoms with Crippen molar-refractivity contribution in [3.8, 4) is 0 Å². The minimum absolute atomic E-state index is 0.0603. The monoisotopic (exact) mass is 311 g/mol. The number of benzene rings is 1. The van der Waals surface area contributed by atoms with Gasteiger partial charge in [0.25, 0.3) is 0 Å². The van der Waals surface area contributed by atoms with Crippen molar-refractivity contribution in [3.63, 3.8) is 0 Å². The maximum atomic E-state index is 11.9. The fourth-order valence-corrected chi connectivity index (χ4v) is 2.58. The Bertz CT molecular complexity index is 501. The summed E-state index contributed by atoms with van der Waals surface area (Å²) in [5.74, 6) is -0.615. The highest BCUT2D eigenvalue weighted by molar-refractivity contribution is 9.09. The molecule has 1 aromatic rings. The molecule has 18 heavy (non-hydrogen) atoms. The van der Waals surface area contributed by atoms with Gasteiger partial charge in [-0.3, -0.25) is 4.79 Å². The first-order valence-corrected chi connectivity index (χ1v) is 6.85. The van der Waals surface area contributed by atoms with E-state index in [0.29, 0.717) is 24.6 Å². The van der Waals surface area contributed by atoms with Crippen LogP contribution in [0.2, 0.25) is 0 Å². The van der Waals surface area contributed by atoms with E-state index in [1.165, 1.54) is 0 Å². The van der Waals surface area contributed by atoms with Crippen LogP contribution in [0, 0.1) is 12.8 Å². The van der Waals surface area contributed by atoms with Gasteiger partial charge in [-0.05, 0) is 30.5 Å². The van der Waals surface area contributed by atoms with E-state index in [2.05, 4.69) is 15.9 Å². The largest absolute Gasteiger partial charge is 0.478 e. The molecule has 1 aromatic carbocycles. The van der Waals surface area contributed by atoms with E-state index in [-0.39, 0.29) is 11.5 Å². The van der Waals surface area contributed by atoms with Gasteiger partial charge in [0.2, 0.25) is 5.91 Å². The van der Waals surface area contributed by atoms with E-state index in [0.717, 1.165) is 10.9 Å². The lowest BCUT2D eigenvalue weighted by Crippen LogP contribution is -2.25. The number of carboxylic acid groups (broad SMARTS) is 1. The number of aryl methyl sites for hydroxylation is 1. The fourth-order valence-electron chi connectivity index (χ4n) is 2.15. The lowest BCUT2D eigenvalue weighted by molar-refractivity contribution is -0.117. The maximum Gasteiger partial charge on any atom is 0.335 e. The van der Waals surface area contributed by atoms with E-state index < -0.39 is 5.97 Å². The van der Waals surface area contributed by atoms with Gasteiger partial charge < -0.3 is 10.0 Å². The van der Waals surface area contributed by atoms with Crippen LogP contribution in [-0.4, -0.2) is 28.9 Å². The quantitative estimate of drug-likeness (QED) is 0.872. The van der Waals surface area contributed by atoms with E-state index in [9.17, 15) is 9.59 Å². The summed E-state index contributed by atoms with van der Waals surface area (Å²) < 4.78 is 0. The molecule has 1 fully saturated rings. The van der Waals surface area contributed by atoms with Gasteiger partial charge in [-0.25, -0.2) is 4.79 Å². The molecule has 1 aliphatic rings.